The summed E-state index contributed by atoms with van der Waals surface area (Å²) in [6.45, 7) is 10.1. The summed E-state index contributed by atoms with van der Waals surface area (Å²) in [7, 11) is -3.69. The minimum absolute atomic E-state index is 0.133. The fourth-order valence-electron chi connectivity index (χ4n) is 5.49. The Morgan fingerprint density at radius 3 is 2.38 bits per heavy atom. The number of aromatic nitrogens is 4. The molecule has 3 heterocycles. The molecule has 6 rings (SSSR count). The van der Waals surface area contributed by atoms with Crippen molar-refractivity contribution in [2.24, 2.45) is 0 Å². The van der Waals surface area contributed by atoms with E-state index in [1.807, 2.05) is 20.8 Å². The van der Waals surface area contributed by atoms with E-state index in [0.29, 0.717) is 17.3 Å². The zero-order valence-electron chi connectivity index (χ0n) is 23.3. The number of imidazole rings is 1. The average Bonchev–Trinajstić information content (AvgIpc) is 3.62. The molecule has 2 fully saturated rings. The average molecular weight is 564 g/mol. The molecule has 1 saturated heterocycles. The van der Waals surface area contributed by atoms with Crippen molar-refractivity contribution in [3.05, 3.63) is 54.2 Å². The van der Waals surface area contributed by atoms with Crippen LogP contribution in [-0.2, 0) is 15.4 Å². The number of aromatic amines is 1. The summed E-state index contributed by atoms with van der Waals surface area (Å²) in [5.41, 5.74) is 3.39. The number of H-pyrrole nitrogens is 1. The normalized spacial score (nSPS) is 20.7. The molecule has 0 bridgehead atoms. The highest BCUT2D eigenvalue weighted by atomic mass is 32.2. The molecular formula is C29H37N7O3S. The first kappa shape index (κ1) is 26.9. The van der Waals surface area contributed by atoms with Gasteiger partial charge in [-0.3, -0.25) is 0 Å². The van der Waals surface area contributed by atoms with Crippen molar-refractivity contribution in [2.45, 2.75) is 68.7 Å². The Balaban J connectivity index is 1.11. The lowest BCUT2D eigenvalue weighted by Crippen LogP contribution is -2.43. The number of fused-ring (bicyclic) bond motifs is 1. The highest BCUT2D eigenvalue weighted by Gasteiger charge is 2.31. The molecule has 2 aliphatic rings. The monoisotopic (exact) mass is 563 g/mol. The molecule has 4 aromatic rings. The quantitative estimate of drug-likeness (QED) is 0.316. The van der Waals surface area contributed by atoms with Gasteiger partial charge in [0.25, 0.3) is 0 Å². The zero-order valence-corrected chi connectivity index (χ0v) is 24.1. The number of hydrogen-bond donors (Lipinski definition) is 3. The van der Waals surface area contributed by atoms with Crippen LogP contribution in [-0.4, -0.2) is 60.8 Å². The Bertz CT molecular complexity index is 1570. The third kappa shape index (κ3) is 5.63. The lowest BCUT2D eigenvalue weighted by molar-refractivity contribution is 0.304. The summed E-state index contributed by atoms with van der Waals surface area (Å²) in [6.07, 6.45) is 3.04. The van der Waals surface area contributed by atoms with E-state index < -0.39 is 10.0 Å². The number of rotatable bonds is 6. The van der Waals surface area contributed by atoms with E-state index in [1.54, 1.807) is 18.2 Å². The molecule has 0 radical (unpaired) electrons. The summed E-state index contributed by atoms with van der Waals surface area (Å²) < 4.78 is 35.4. The van der Waals surface area contributed by atoms with Gasteiger partial charge in [-0.1, -0.05) is 20.8 Å². The second-order valence-corrected chi connectivity index (χ2v) is 13.6. The van der Waals surface area contributed by atoms with E-state index >= 15 is 0 Å². The predicted octanol–water partition coefficient (Wildman–Crippen LogP) is 4.32. The van der Waals surface area contributed by atoms with E-state index in [-0.39, 0.29) is 22.3 Å². The van der Waals surface area contributed by atoms with Gasteiger partial charge >= 0.3 is 0 Å². The molecule has 11 heteroatoms. The van der Waals surface area contributed by atoms with Gasteiger partial charge in [0.05, 0.1) is 15.9 Å². The fraction of sp³-hybridized carbons (Fsp3) is 0.483. The van der Waals surface area contributed by atoms with Crippen LogP contribution in [0.5, 0.6) is 0 Å². The van der Waals surface area contributed by atoms with Gasteiger partial charge in [-0.05, 0) is 68.1 Å². The molecule has 0 spiro atoms. The van der Waals surface area contributed by atoms with E-state index in [1.165, 1.54) is 5.69 Å². The van der Waals surface area contributed by atoms with Crippen molar-refractivity contribution in [2.75, 3.05) is 31.1 Å². The van der Waals surface area contributed by atoms with Crippen LogP contribution >= 0.6 is 0 Å². The maximum Gasteiger partial charge on any atom is 0.240 e. The van der Waals surface area contributed by atoms with E-state index in [9.17, 15) is 8.42 Å². The molecule has 40 heavy (non-hydrogen) atoms. The van der Waals surface area contributed by atoms with Crippen molar-refractivity contribution in [3.8, 4) is 11.4 Å². The molecule has 10 nitrogen and oxygen atoms in total. The number of sulfonamides is 1. The van der Waals surface area contributed by atoms with Crippen LogP contribution in [0.3, 0.4) is 0 Å². The summed E-state index contributed by atoms with van der Waals surface area (Å²) in [5.74, 6) is 2.17. The number of benzene rings is 2. The summed E-state index contributed by atoms with van der Waals surface area (Å²) >= 11 is 0. The molecule has 2 aromatic carbocycles. The summed E-state index contributed by atoms with van der Waals surface area (Å²) in [4.78, 5) is 10.6. The lowest BCUT2D eigenvalue weighted by atomic mass is 9.86. The molecule has 2 aromatic heterocycles. The van der Waals surface area contributed by atoms with Crippen molar-refractivity contribution in [1.82, 2.24) is 30.2 Å². The topological polar surface area (TPSA) is 129 Å². The van der Waals surface area contributed by atoms with Crippen molar-refractivity contribution in [1.29, 1.82) is 0 Å². The smallest absolute Gasteiger partial charge is 0.240 e. The predicted molar refractivity (Wildman–Crippen MR) is 155 cm³/mol. The number of nitrogens with one attached hydrogen (secondary N) is 3. The van der Waals surface area contributed by atoms with Crippen LogP contribution in [0.25, 0.3) is 22.4 Å². The maximum absolute atomic E-state index is 13.3. The van der Waals surface area contributed by atoms with E-state index in [0.717, 1.165) is 68.8 Å². The summed E-state index contributed by atoms with van der Waals surface area (Å²) in [5, 5.41) is 11.8. The molecule has 3 N–H and O–H groups in total. The van der Waals surface area contributed by atoms with Crippen LogP contribution in [0.4, 0.5) is 5.69 Å². The lowest BCUT2D eigenvalue weighted by Gasteiger charge is -2.29. The van der Waals surface area contributed by atoms with Gasteiger partial charge in [0.15, 0.2) is 0 Å². The van der Waals surface area contributed by atoms with Crippen LogP contribution in [0, 0.1) is 0 Å². The van der Waals surface area contributed by atoms with Gasteiger partial charge in [-0.25, -0.2) is 18.1 Å². The molecule has 1 saturated carbocycles. The second-order valence-electron chi connectivity index (χ2n) is 11.9. The highest BCUT2D eigenvalue weighted by molar-refractivity contribution is 7.89. The highest BCUT2D eigenvalue weighted by Crippen LogP contribution is 2.34. The first-order valence-corrected chi connectivity index (χ1v) is 15.6. The van der Waals surface area contributed by atoms with Gasteiger partial charge < -0.3 is 19.6 Å². The van der Waals surface area contributed by atoms with Crippen LogP contribution < -0.4 is 14.9 Å². The first-order valence-electron chi connectivity index (χ1n) is 14.1. The Hall–Kier alpha value is -3.28. The number of hydrogen-bond acceptors (Lipinski definition) is 8. The number of nitrogens with zero attached hydrogens (tertiary/aromatic N) is 4. The maximum atomic E-state index is 13.3. The molecular weight excluding hydrogens is 526 g/mol. The molecule has 0 amide bonds. The minimum atomic E-state index is -3.69. The molecule has 212 valence electrons. The van der Waals surface area contributed by atoms with Crippen LogP contribution in [0.2, 0.25) is 0 Å². The third-order valence-electron chi connectivity index (χ3n) is 7.87. The molecule has 0 unspecified atom stereocenters. The molecule has 1 aliphatic carbocycles. The van der Waals surface area contributed by atoms with Crippen molar-refractivity contribution >= 4 is 26.7 Å². The summed E-state index contributed by atoms with van der Waals surface area (Å²) in [6, 6.07) is 13.3. The van der Waals surface area contributed by atoms with Gasteiger partial charge in [-0.2, -0.15) is 0 Å². The Morgan fingerprint density at radius 2 is 1.70 bits per heavy atom. The van der Waals surface area contributed by atoms with Crippen molar-refractivity contribution < 1.29 is 12.8 Å². The number of piperazine rings is 1. The van der Waals surface area contributed by atoms with Gasteiger partial charge in [0, 0.05) is 54.8 Å². The first-order chi connectivity index (χ1) is 19.2. The third-order valence-corrected chi connectivity index (χ3v) is 9.39. The van der Waals surface area contributed by atoms with Crippen LogP contribution in [0.1, 0.15) is 64.2 Å². The van der Waals surface area contributed by atoms with E-state index in [4.69, 9.17) is 9.40 Å². The molecule has 1 aliphatic heterocycles. The number of anilines is 1. The van der Waals surface area contributed by atoms with Gasteiger partial charge in [0.2, 0.25) is 21.8 Å². The molecule has 0 atom stereocenters. The van der Waals surface area contributed by atoms with Crippen molar-refractivity contribution in [3.63, 3.8) is 0 Å². The fourth-order valence-corrected chi connectivity index (χ4v) is 6.82. The van der Waals surface area contributed by atoms with Crippen LogP contribution in [0.15, 0.2) is 51.8 Å². The van der Waals surface area contributed by atoms with Gasteiger partial charge in [-0.15, -0.1) is 10.2 Å². The van der Waals surface area contributed by atoms with Gasteiger partial charge in [0.1, 0.15) is 5.82 Å². The minimum Gasteiger partial charge on any atom is -0.424 e. The zero-order chi connectivity index (χ0) is 27.9. The Labute approximate surface area is 235 Å². The Morgan fingerprint density at radius 1 is 0.975 bits per heavy atom. The second kappa shape index (κ2) is 10.6. The SMILES string of the molecule is CC(C)(C)c1nnc([C@H]2CC[C@H](NS(=O)(=O)c3ccc4[nH]c(-c5ccc(N6CCNCC6)cc5)nc4c3)CC2)o1. The Kier molecular flexibility index (Phi) is 7.14. The largest absolute Gasteiger partial charge is 0.424 e. The standard InChI is InChI=1S/C29H37N7O3S/c1-29(2,3)28-34-33-27(39-28)20-4-8-21(9-5-20)35-40(37,38)23-12-13-24-25(18-23)32-26(31-24)19-6-10-22(11-7-19)36-16-14-30-15-17-36/h6-7,10-13,18,20-21,30,35H,4-5,8-9,14-17H2,1-3H3,(H,31,32)/t20-,21-. The van der Waals surface area contributed by atoms with E-state index in [2.05, 4.69) is 54.4 Å².